The number of nitrogens with zero attached hydrogens (tertiary/aromatic N) is 1. The first kappa shape index (κ1) is 13.8. The molecule has 4 nitrogen and oxygen atoms in total. The molecule has 0 saturated carbocycles. The van der Waals surface area contributed by atoms with Crippen molar-refractivity contribution >= 4 is 16.4 Å². The van der Waals surface area contributed by atoms with Crippen LogP contribution in [0.3, 0.4) is 0 Å². The first-order valence-corrected chi connectivity index (χ1v) is 6.47. The van der Waals surface area contributed by atoms with E-state index in [1.165, 1.54) is 30.5 Å². The summed E-state index contributed by atoms with van der Waals surface area (Å²) >= 11 is 0. The van der Waals surface area contributed by atoms with Gasteiger partial charge in [0.05, 0.1) is 0 Å². The second kappa shape index (κ2) is 4.93. The van der Waals surface area contributed by atoms with Crippen LogP contribution in [0.25, 0.3) is 0 Å². The van der Waals surface area contributed by atoms with E-state index in [-0.39, 0.29) is 5.82 Å². The number of benzene rings is 1. The van der Waals surface area contributed by atoms with Crippen molar-refractivity contribution in [2.45, 2.75) is 26.3 Å². The van der Waals surface area contributed by atoms with Crippen LogP contribution in [0.5, 0.6) is 0 Å². The summed E-state index contributed by atoms with van der Waals surface area (Å²) in [5, 5.41) is 0. The number of hydrogen-bond donors (Lipinski definition) is 1. The van der Waals surface area contributed by atoms with Gasteiger partial charge in [-0.1, -0.05) is 12.1 Å². The molecule has 0 atom stereocenters. The van der Waals surface area contributed by atoms with Crippen molar-refractivity contribution in [3.63, 3.8) is 0 Å². The number of nitrogens with one attached hydrogen (secondary N) is 1. The summed E-state index contributed by atoms with van der Waals surface area (Å²) in [5.41, 5.74) is -0.0652. The van der Waals surface area contributed by atoms with Crippen molar-refractivity contribution in [3.05, 3.63) is 35.6 Å². The summed E-state index contributed by atoms with van der Waals surface area (Å²) in [7, 11) is -3.72. The third-order valence-electron chi connectivity index (χ3n) is 1.65. The maximum atomic E-state index is 12.6. The summed E-state index contributed by atoms with van der Waals surface area (Å²) in [6, 6.07) is 5.38. The highest BCUT2D eigenvalue weighted by molar-refractivity contribution is 7.88. The van der Waals surface area contributed by atoms with Gasteiger partial charge in [-0.15, -0.1) is 0 Å². The zero-order valence-electron chi connectivity index (χ0n) is 9.94. The van der Waals surface area contributed by atoms with Crippen LogP contribution in [0.4, 0.5) is 4.39 Å². The van der Waals surface area contributed by atoms with Gasteiger partial charge in [0.1, 0.15) is 5.82 Å². The fraction of sp³-hybridized carbons (Fsp3) is 0.364. The minimum atomic E-state index is -3.72. The fourth-order valence-electron chi connectivity index (χ4n) is 1.09. The molecule has 0 heterocycles. The largest absolute Gasteiger partial charge is 0.320 e. The number of hydrogen-bond acceptors (Lipinski definition) is 2. The minimum absolute atomic E-state index is 0.377. The van der Waals surface area contributed by atoms with E-state index in [1.54, 1.807) is 20.8 Å². The lowest BCUT2D eigenvalue weighted by Crippen LogP contribution is -2.39. The summed E-state index contributed by atoms with van der Waals surface area (Å²) in [6.45, 7) is 5.16. The summed E-state index contributed by atoms with van der Waals surface area (Å²) in [6.07, 6.45) is 1.17. The molecule has 0 spiro atoms. The highest BCUT2D eigenvalue weighted by Crippen LogP contribution is 2.04. The van der Waals surface area contributed by atoms with Crippen LogP contribution in [0, 0.1) is 5.82 Å². The van der Waals surface area contributed by atoms with E-state index in [2.05, 4.69) is 9.12 Å². The molecule has 0 aliphatic rings. The topological polar surface area (TPSA) is 58.5 Å². The van der Waals surface area contributed by atoms with Crippen LogP contribution in [-0.4, -0.2) is 20.2 Å². The molecule has 0 unspecified atom stereocenters. The van der Waals surface area contributed by atoms with E-state index in [9.17, 15) is 12.8 Å². The van der Waals surface area contributed by atoms with Crippen molar-refractivity contribution in [2.24, 2.45) is 4.40 Å². The number of halogens is 1. The lowest BCUT2D eigenvalue weighted by molar-refractivity contribution is 0.492. The predicted octanol–water partition coefficient (Wildman–Crippen LogP) is 1.88. The Morgan fingerprint density at radius 3 is 2.24 bits per heavy atom. The quantitative estimate of drug-likeness (QED) is 0.841. The molecule has 0 aliphatic heterocycles. The van der Waals surface area contributed by atoms with E-state index < -0.39 is 15.7 Å². The van der Waals surface area contributed by atoms with E-state index in [4.69, 9.17) is 0 Å². The Kier molecular flexibility index (Phi) is 4.00. The average Bonchev–Trinajstić information content (AvgIpc) is 2.13. The Morgan fingerprint density at radius 2 is 1.76 bits per heavy atom. The standard InChI is InChI=1S/C11H15FN2O2S/c1-11(2,3)14-17(15,16)13-8-9-4-6-10(12)7-5-9/h4-8,14H,1-3H3/b13-8+. The Balaban J connectivity index is 2.81. The van der Waals surface area contributed by atoms with Gasteiger partial charge in [0.2, 0.25) is 0 Å². The molecule has 17 heavy (non-hydrogen) atoms. The Morgan fingerprint density at radius 1 is 1.24 bits per heavy atom. The molecule has 1 N–H and O–H groups in total. The smallest absolute Gasteiger partial charge is 0.207 e. The van der Waals surface area contributed by atoms with Gasteiger partial charge in [-0.3, -0.25) is 0 Å². The van der Waals surface area contributed by atoms with Gasteiger partial charge in [0.25, 0.3) is 0 Å². The normalized spacial score (nSPS) is 13.2. The summed E-state index contributed by atoms with van der Waals surface area (Å²) < 4.78 is 41.4. The van der Waals surface area contributed by atoms with Crippen molar-refractivity contribution in [1.82, 2.24) is 4.72 Å². The molecule has 6 heteroatoms. The lowest BCUT2D eigenvalue weighted by atomic mass is 10.1. The van der Waals surface area contributed by atoms with Crippen LogP contribution >= 0.6 is 0 Å². The molecule has 1 aromatic carbocycles. The fourth-order valence-corrected chi connectivity index (χ4v) is 2.18. The maximum Gasteiger partial charge on any atom is 0.320 e. The third kappa shape index (κ3) is 5.55. The van der Waals surface area contributed by atoms with Gasteiger partial charge in [-0.2, -0.15) is 17.5 Å². The molecular weight excluding hydrogens is 243 g/mol. The average molecular weight is 258 g/mol. The van der Waals surface area contributed by atoms with Crippen molar-refractivity contribution in [1.29, 1.82) is 0 Å². The first-order chi connectivity index (χ1) is 7.68. The first-order valence-electron chi connectivity index (χ1n) is 5.03. The van der Waals surface area contributed by atoms with Gasteiger partial charge in [-0.25, -0.2) is 4.39 Å². The molecule has 1 aromatic rings. The van der Waals surface area contributed by atoms with E-state index >= 15 is 0 Å². The van der Waals surface area contributed by atoms with Crippen LogP contribution in [0.15, 0.2) is 28.7 Å². The maximum absolute atomic E-state index is 12.6. The van der Waals surface area contributed by atoms with Crippen molar-refractivity contribution in [3.8, 4) is 0 Å². The highest BCUT2D eigenvalue weighted by atomic mass is 32.2. The molecule has 0 aliphatic carbocycles. The van der Waals surface area contributed by atoms with Crippen LogP contribution < -0.4 is 4.72 Å². The molecule has 0 saturated heterocycles. The van der Waals surface area contributed by atoms with Crippen LogP contribution in [0.2, 0.25) is 0 Å². The molecule has 0 aromatic heterocycles. The van der Waals surface area contributed by atoms with E-state index in [0.29, 0.717) is 5.56 Å². The lowest BCUT2D eigenvalue weighted by Gasteiger charge is -2.17. The Hall–Kier alpha value is -1.27. The predicted molar refractivity (Wildman–Crippen MR) is 65.8 cm³/mol. The molecule has 94 valence electrons. The minimum Gasteiger partial charge on any atom is -0.207 e. The second-order valence-electron chi connectivity index (χ2n) is 4.61. The van der Waals surface area contributed by atoms with Crippen LogP contribution in [0.1, 0.15) is 26.3 Å². The molecular formula is C11H15FN2O2S. The highest BCUT2D eigenvalue weighted by Gasteiger charge is 2.17. The SMILES string of the molecule is CC(C)(C)NS(=O)(=O)/N=C/c1ccc(F)cc1. The summed E-state index contributed by atoms with van der Waals surface area (Å²) in [4.78, 5) is 0. The molecule has 1 rings (SSSR count). The van der Waals surface area contributed by atoms with Crippen molar-refractivity contribution in [2.75, 3.05) is 0 Å². The molecule has 0 radical (unpaired) electrons. The monoisotopic (exact) mass is 258 g/mol. The molecule has 0 bridgehead atoms. The van der Waals surface area contributed by atoms with Gasteiger partial charge < -0.3 is 0 Å². The van der Waals surface area contributed by atoms with Gasteiger partial charge in [0.15, 0.2) is 0 Å². The van der Waals surface area contributed by atoms with Crippen molar-refractivity contribution < 1.29 is 12.8 Å². The Labute approximate surface area is 101 Å². The third-order valence-corrected chi connectivity index (χ3v) is 2.90. The van der Waals surface area contributed by atoms with Gasteiger partial charge in [-0.05, 0) is 38.5 Å². The zero-order chi connectivity index (χ0) is 13.1. The number of rotatable bonds is 3. The van der Waals surface area contributed by atoms with E-state index in [1.807, 2.05) is 0 Å². The van der Waals surface area contributed by atoms with Gasteiger partial charge in [0, 0.05) is 11.8 Å². The van der Waals surface area contributed by atoms with E-state index in [0.717, 1.165) is 0 Å². The Bertz CT molecular complexity index is 501. The van der Waals surface area contributed by atoms with Crippen LogP contribution in [-0.2, 0) is 10.2 Å². The summed E-state index contributed by atoms with van der Waals surface area (Å²) in [5.74, 6) is -0.377. The van der Waals surface area contributed by atoms with Gasteiger partial charge >= 0.3 is 10.2 Å². The molecule has 0 fully saturated rings. The second-order valence-corrected chi connectivity index (χ2v) is 5.98. The molecule has 0 amide bonds. The zero-order valence-corrected chi connectivity index (χ0v) is 10.8.